The third-order valence-electron chi connectivity index (χ3n) is 5.47. The molecule has 3 aromatic rings. The Morgan fingerprint density at radius 3 is 2.64 bits per heavy atom. The highest BCUT2D eigenvalue weighted by Crippen LogP contribution is 2.38. The van der Waals surface area contributed by atoms with Gasteiger partial charge in [0.2, 0.25) is 5.79 Å². The number of thioether (sulfide) groups is 1. The lowest BCUT2D eigenvalue weighted by atomic mass is 10.1. The molecule has 1 N–H and O–H groups in total. The highest BCUT2D eigenvalue weighted by atomic mass is 32.2. The Morgan fingerprint density at radius 2 is 2.03 bits per heavy atom. The molecule has 1 fully saturated rings. The number of methoxy groups -OCH3 is 1. The summed E-state index contributed by atoms with van der Waals surface area (Å²) in [6.45, 7) is 3.16. The number of rotatable bonds is 9. The molecule has 9 heteroatoms. The molecular weight excluding hydrogens is 442 g/mol. The molecule has 2 aromatic carbocycles. The number of carbonyl (C=O) groups is 1. The van der Waals surface area contributed by atoms with Crippen molar-refractivity contribution in [3.8, 4) is 5.75 Å². The van der Waals surface area contributed by atoms with Crippen molar-refractivity contribution in [3.63, 3.8) is 0 Å². The molecule has 1 unspecified atom stereocenters. The Labute approximate surface area is 197 Å². The molecule has 0 radical (unpaired) electrons. The predicted molar refractivity (Wildman–Crippen MR) is 126 cm³/mol. The molecule has 1 aromatic heterocycles. The first-order chi connectivity index (χ1) is 16.0. The number of nitrogens with zero attached hydrogens (tertiary/aromatic N) is 3. The van der Waals surface area contributed by atoms with Gasteiger partial charge in [-0.25, -0.2) is 9.78 Å². The summed E-state index contributed by atoms with van der Waals surface area (Å²) in [7, 11) is 1.64. The standard InChI is InChI=1S/C24H27N3O5S/c1-3-27(23(28)29)19-6-10-22(11-7-19)33-15-21-14-31-24(32-21,16-26-13-12-25-17-26)18-4-8-20(30-2)9-5-18/h4-13,17,21H,3,14-16H2,1-2H3,(H,28,29)/t21?,24-/m0/s1. The summed E-state index contributed by atoms with van der Waals surface area (Å²) in [6, 6.07) is 15.3. The first kappa shape index (κ1) is 23.2. The second kappa shape index (κ2) is 10.3. The SMILES string of the molecule is CCN(C(=O)O)c1ccc(SCC2CO[C@](Cn3ccnc3)(c3ccc(OC)cc3)O2)cc1. The number of amides is 1. The molecule has 174 valence electrons. The van der Waals surface area contributed by atoms with Gasteiger partial charge in [0.1, 0.15) is 5.75 Å². The largest absolute Gasteiger partial charge is 0.497 e. The number of aromatic nitrogens is 2. The molecule has 33 heavy (non-hydrogen) atoms. The number of benzene rings is 2. The maximum absolute atomic E-state index is 11.3. The van der Waals surface area contributed by atoms with Crippen molar-refractivity contribution < 1.29 is 24.1 Å². The Bertz CT molecular complexity index is 1040. The first-order valence-corrected chi connectivity index (χ1v) is 11.7. The zero-order chi connectivity index (χ0) is 23.3. The lowest BCUT2D eigenvalue weighted by molar-refractivity contribution is -0.184. The Kier molecular flexibility index (Phi) is 7.22. The predicted octanol–water partition coefficient (Wildman–Crippen LogP) is 4.46. The lowest BCUT2D eigenvalue weighted by Gasteiger charge is -2.29. The van der Waals surface area contributed by atoms with Gasteiger partial charge in [-0.1, -0.05) is 0 Å². The number of anilines is 1. The van der Waals surface area contributed by atoms with Crippen molar-refractivity contribution in [2.45, 2.75) is 30.3 Å². The minimum Gasteiger partial charge on any atom is -0.497 e. The molecular formula is C24H27N3O5S. The van der Waals surface area contributed by atoms with Crippen LogP contribution in [0, 0.1) is 0 Å². The smallest absolute Gasteiger partial charge is 0.411 e. The minimum atomic E-state index is -0.956. The first-order valence-electron chi connectivity index (χ1n) is 10.7. The number of carboxylic acid groups (broad SMARTS) is 1. The monoisotopic (exact) mass is 469 g/mol. The molecule has 2 atom stereocenters. The zero-order valence-electron chi connectivity index (χ0n) is 18.6. The van der Waals surface area contributed by atoms with E-state index < -0.39 is 11.9 Å². The summed E-state index contributed by atoms with van der Waals surface area (Å²) in [5, 5.41) is 9.28. The summed E-state index contributed by atoms with van der Waals surface area (Å²) in [5.74, 6) is 0.567. The van der Waals surface area contributed by atoms with Crippen LogP contribution in [-0.4, -0.2) is 52.9 Å². The van der Waals surface area contributed by atoms with E-state index in [4.69, 9.17) is 14.2 Å². The maximum atomic E-state index is 11.3. The van der Waals surface area contributed by atoms with Crippen LogP contribution < -0.4 is 9.64 Å². The van der Waals surface area contributed by atoms with Crippen LogP contribution in [0.1, 0.15) is 12.5 Å². The highest BCUT2D eigenvalue weighted by molar-refractivity contribution is 7.99. The Balaban J connectivity index is 1.44. The van der Waals surface area contributed by atoms with Crippen LogP contribution in [0.4, 0.5) is 10.5 Å². The third-order valence-corrected chi connectivity index (χ3v) is 6.61. The molecule has 4 rings (SSSR count). The third kappa shape index (κ3) is 5.32. The van der Waals surface area contributed by atoms with Crippen molar-refractivity contribution >= 4 is 23.5 Å². The summed E-state index contributed by atoms with van der Waals surface area (Å²) < 4.78 is 20.0. The molecule has 0 saturated carbocycles. The normalized spacial score (nSPS) is 20.0. The molecule has 2 heterocycles. The van der Waals surface area contributed by atoms with E-state index in [1.54, 1.807) is 31.4 Å². The van der Waals surface area contributed by atoms with E-state index >= 15 is 0 Å². The van der Waals surface area contributed by atoms with E-state index in [1.165, 1.54) is 4.90 Å². The fraction of sp³-hybridized carbons (Fsp3) is 0.333. The molecule has 8 nitrogen and oxygen atoms in total. The van der Waals surface area contributed by atoms with Gasteiger partial charge < -0.3 is 23.9 Å². The molecule has 0 aliphatic carbocycles. The van der Waals surface area contributed by atoms with Crippen LogP contribution in [0.25, 0.3) is 0 Å². The Hall–Kier alpha value is -3.01. The van der Waals surface area contributed by atoms with Crippen molar-refractivity contribution in [1.29, 1.82) is 0 Å². The number of hydrogen-bond donors (Lipinski definition) is 1. The fourth-order valence-corrected chi connectivity index (χ4v) is 4.65. The number of imidazole rings is 1. The van der Waals surface area contributed by atoms with Gasteiger partial charge in [-0.3, -0.25) is 4.90 Å². The Morgan fingerprint density at radius 1 is 1.27 bits per heavy atom. The number of hydrogen-bond acceptors (Lipinski definition) is 6. The number of ether oxygens (including phenoxy) is 3. The summed E-state index contributed by atoms with van der Waals surface area (Å²) in [4.78, 5) is 17.8. The second-order valence-electron chi connectivity index (χ2n) is 7.60. The molecule has 0 spiro atoms. The van der Waals surface area contributed by atoms with Gasteiger partial charge >= 0.3 is 6.09 Å². The molecule has 1 aliphatic heterocycles. The van der Waals surface area contributed by atoms with Crippen LogP contribution in [0.15, 0.2) is 72.1 Å². The van der Waals surface area contributed by atoms with Gasteiger partial charge in [-0.2, -0.15) is 0 Å². The average Bonchev–Trinajstić information content (AvgIpc) is 3.50. The highest BCUT2D eigenvalue weighted by Gasteiger charge is 2.43. The van der Waals surface area contributed by atoms with Gasteiger partial charge in [0.05, 0.1) is 32.7 Å². The van der Waals surface area contributed by atoms with Crippen molar-refractivity contribution in [2.24, 2.45) is 0 Å². The van der Waals surface area contributed by atoms with E-state index in [9.17, 15) is 9.90 Å². The van der Waals surface area contributed by atoms with Gasteiger partial charge in [-0.05, 0) is 55.5 Å². The summed E-state index contributed by atoms with van der Waals surface area (Å²) >= 11 is 1.65. The van der Waals surface area contributed by atoms with Crippen LogP contribution in [0.2, 0.25) is 0 Å². The lowest BCUT2D eigenvalue weighted by Crippen LogP contribution is -2.33. The van der Waals surface area contributed by atoms with Gasteiger partial charge in [0.15, 0.2) is 0 Å². The molecule has 1 saturated heterocycles. The van der Waals surface area contributed by atoms with Crippen LogP contribution in [0.5, 0.6) is 5.75 Å². The van der Waals surface area contributed by atoms with Crippen molar-refractivity contribution in [2.75, 3.05) is 30.9 Å². The van der Waals surface area contributed by atoms with Gasteiger partial charge in [0.25, 0.3) is 0 Å². The van der Waals surface area contributed by atoms with Gasteiger partial charge in [-0.15, -0.1) is 11.8 Å². The fourth-order valence-electron chi connectivity index (χ4n) is 3.78. The minimum absolute atomic E-state index is 0.105. The quantitative estimate of drug-likeness (QED) is 0.463. The van der Waals surface area contributed by atoms with E-state index in [2.05, 4.69) is 4.98 Å². The van der Waals surface area contributed by atoms with E-state index in [-0.39, 0.29) is 6.10 Å². The van der Waals surface area contributed by atoms with E-state index in [0.717, 1.165) is 16.2 Å². The maximum Gasteiger partial charge on any atom is 0.411 e. The van der Waals surface area contributed by atoms with E-state index in [0.29, 0.717) is 31.1 Å². The van der Waals surface area contributed by atoms with Crippen molar-refractivity contribution in [1.82, 2.24) is 9.55 Å². The molecule has 0 bridgehead atoms. The molecule has 1 aliphatic rings. The topological polar surface area (TPSA) is 86.1 Å². The zero-order valence-corrected chi connectivity index (χ0v) is 19.4. The van der Waals surface area contributed by atoms with Crippen molar-refractivity contribution in [3.05, 3.63) is 72.8 Å². The van der Waals surface area contributed by atoms with E-state index in [1.807, 2.05) is 66.2 Å². The average molecular weight is 470 g/mol. The van der Waals surface area contributed by atoms with Gasteiger partial charge in [0, 0.05) is 40.8 Å². The van der Waals surface area contributed by atoms with Crippen LogP contribution in [-0.2, 0) is 21.8 Å². The van der Waals surface area contributed by atoms with Crippen LogP contribution in [0.3, 0.4) is 0 Å². The summed E-state index contributed by atoms with van der Waals surface area (Å²) in [5.41, 5.74) is 1.58. The van der Waals surface area contributed by atoms with Crippen LogP contribution >= 0.6 is 11.8 Å². The second-order valence-corrected chi connectivity index (χ2v) is 8.69. The molecule has 1 amide bonds. The summed E-state index contributed by atoms with van der Waals surface area (Å²) in [6.07, 6.45) is 4.31.